The van der Waals surface area contributed by atoms with Crippen LogP contribution in [0.25, 0.3) is 11.1 Å². The first-order chi connectivity index (χ1) is 11.6. The largest absolute Gasteiger partial charge is 0.493 e. The third-order valence-corrected chi connectivity index (χ3v) is 3.53. The molecule has 2 aromatic carbocycles. The summed E-state index contributed by atoms with van der Waals surface area (Å²) in [5.41, 5.74) is 2.07. The van der Waals surface area contributed by atoms with Crippen molar-refractivity contribution in [3.05, 3.63) is 52.5 Å². The molecule has 1 amide bonds. The van der Waals surface area contributed by atoms with Gasteiger partial charge in [-0.25, -0.2) is 4.79 Å². The maximum absolute atomic E-state index is 12.3. The highest BCUT2D eigenvalue weighted by atomic mass is 16.5. The van der Waals surface area contributed by atoms with Crippen LogP contribution in [0.3, 0.4) is 0 Å². The molecule has 24 heavy (non-hydrogen) atoms. The van der Waals surface area contributed by atoms with Gasteiger partial charge < -0.3 is 19.2 Å². The summed E-state index contributed by atoms with van der Waals surface area (Å²) in [5.74, 6) is 0.354. The van der Waals surface area contributed by atoms with Crippen molar-refractivity contribution in [3.63, 3.8) is 0 Å². The SMILES string of the molecule is COc1ccc(CC(=O)Nc2cccc3[nH]c(=O)oc23)cc1OC. The van der Waals surface area contributed by atoms with Gasteiger partial charge in [-0.2, -0.15) is 0 Å². The van der Waals surface area contributed by atoms with E-state index in [0.717, 1.165) is 5.56 Å². The first-order valence-corrected chi connectivity index (χ1v) is 7.23. The van der Waals surface area contributed by atoms with Crippen LogP contribution in [0.2, 0.25) is 0 Å². The average Bonchev–Trinajstić information content (AvgIpc) is 2.96. The Morgan fingerprint density at radius 3 is 2.71 bits per heavy atom. The van der Waals surface area contributed by atoms with Gasteiger partial charge in [0.2, 0.25) is 5.91 Å². The highest BCUT2D eigenvalue weighted by molar-refractivity contribution is 5.99. The van der Waals surface area contributed by atoms with Crippen LogP contribution in [0.5, 0.6) is 11.5 Å². The van der Waals surface area contributed by atoms with Crippen molar-refractivity contribution in [2.45, 2.75) is 6.42 Å². The number of hydrogen-bond acceptors (Lipinski definition) is 5. The van der Waals surface area contributed by atoms with E-state index in [1.54, 1.807) is 43.5 Å². The predicted molar refractivity (Wildman–Crippen MR) is 88.7 cm³/mol. The number of oxazole rings is 1. The number of benzene rings is 2. The molecule has 0 saturated carbocycles. The lowest BCUT2D eigenvalue weighted by Crippen LogP contribution is -2.14. The number of aromatic nitrogens is 1. The molecular formula is C17H16N2O5. The van der Waals surface area contributed by atoms with Gasteiger partial charge in [0.15, 0.2) is 17.1 Å². The van der Waals surface area contributed by atoms with E-state index in [9.17, 15) is 9.59 Å². The molecule has 0 radical (unpaired) electrons. The van der Waals surface area contributed by atoms with E-state index in [4.69, 9.17) is 13.9 Å². The van der Waals surface area contributed by atoms with E-state index in [1.165, 1.54) is 7.11 Å². The van der Waals surface area contributed by atoms with Crippen molar-refractivity contribution >= 4 is 22.7 Å². The van der Waals surface area contributed by atoms with Gasteiger partial charge in [0.05, 0.1) is 31.8 Å². The molecule has 1 aromatic heterocycles. The summed E-state index contributed by atoms with van der Waals surface area (Å²) in [4.78, 5) is 26.1. The number of nitrogens with one attached hydrogen (secondary N) is 2. The van der Waals surface area contributed by atoms with Gasteiger partial charge in [-0.1, -0.05) is 12.1 Å². The van der Waals surface area contributed by atoms with Crippen molar-refractivity contribution in [3.8, 4) is 11.5 Å². The van der Waals surface area contributed by atoms with Crippen LogP contribution in [0.1, 0.15) is 5.56 Å². The Balaban J connectivity index is 1.79. The quantitative estimate of drug-likeness (QED) is 0.749. The Kier molecular flexibility index (Phi) is 4.24. The summed E-state index contributed by atoms with van der Waals surface area (Å²) in [6.45, 7) is 0. The first kappa shape index (κ1) is 15.7. The summed E-state index contributed by atoms with van der Waals surface area (Å²) in [6, 6.07) is 10.4. The summed E-state index contributed by atoms with van der Waals surface area (Å²) in [7, 11) is 3.09. The zero-order chi connectivity index (χ0) is 17.1. The second-order valence-electron chi connectivity index (χ2n) is 5.11. The van der Waals surface area contributed by atoms with Crippen LogP contribution in [-0.2, 0) is 11.2 Å². The summed E-state index contributed by atoms with van der Waals surface area (Å²) >= 11 is 0. The molecule has 0 bridgehead atoms. The molecule has 0 aliphatic rings. The van der Waals surface area contributed by atoms with Crippen LogP contribution < -0.4 is 20.5 Å². The molecule has 3 aromatic rings. The van der Waals surface area contributed by atoms with E-state index < -0.39 is 5.76 Å². The number of para-hydroxylation sites is 1. The second-order valence-corrected chi connectivity index (χ2v) is 5.11. The monoisotopic (exact) mass is 328 g/mol. The number of hydrogen-bond donors (Lipinski definition) is 2. The number of aromatic amines is 1. The Morgan fingerprint density at radius 1 is 1.17 bits per heavy atom. The number of rotatable bonds is 5. The third kappa shape index (κ3) is 3.10. The maximum atomic E-state index is 12.3. The molecule has 0 atom stereocenters. The standard InChI is InChI=1S/C17H16N2O5/c1-22-13-7-6-10(8-14(13)23-2)9-15(20)18-11-4-3-5-12-16(11)24-17(21)19-12/h3-8H,9H2,1-2H3,(H,18,20)(H,19,21). The molecule has 2 N–H and O–H groups in total. The number of fused-ring (bicyclic) bond motifs is 1. The summed E-state index contributed by atoms with van der Waals surface area (Å²) < 4.78 is 15.5. The number of methoxy groups -OCH3 is 2. The lowest BCUT2D eigenvalue weighted by atomic mass is 10.1. The highest BCUT2D eigenvalue weighted by Gasteiger charge is 2.12. The fourth-order valence-corrected chi connectivity index (χ4v) is 2.44. The Bertz CT molecular complexity index is 942. The van der Waals surface area contributed by atoms with Crippen molar-refractivity contribution in [1.29, 1.82) is 0 Å². The molecule has 0 fully saturated rings. The molecule has 7 nitrogen and oxygen atoms in total. The minimum Gasteiger partial charge on any atom is -0.493 e. The van der Waals surface area contributed by atoms with Crippen molar-refractivity contribution in [2.75, 3.05) is 19.5 Å². The van der Waals surface area contributed by atoms with Crippen LogP contribution >= 0.6 is 0 Å². The average molecular weight is 328 g/mol. The number of ether oxygens (including phenoxy) is 2. The zero-order valence-corrected chi connectivity index (χ0v) is 13.2. The van der Waals surface area contributed by atoms with E-state index in [1.807, 2.05) is 0 Å². The van der Waals surface area contributed by atoms with Crippen molar-refractivity contribution < 1.29 is 18.7 Å². The Labute approximate surface area is 137 Å². The molecule has 0 aliphatic carbocycles. The summed E-state index contributed by atoms with van der Waals surface area (Å²) in [5, 5.41) is 2.75. The fraction of sp³-hybridized carbons (Fsp3) is 0.176. The smallest absolute Gasteiger partial charge is 0.417 e. The number of amides is 1. The van der Waals surface area contributed by atoms with Crippen molar-refractivity contribution in [1.82, 2.24) is 4.98 Å². The Morgan fingerprint density at radius 2 is 1.96 bits per heavy atom. The molecule has 124 valence electrons. The molecular weight excluding hydrogens is 312 g/mol. The topological polar surface area (TPSA) is 93.6 Å². The van der Waals surface area contributed by atoms with E-state index in [0.29, 0.717) is 28.3 Å². The molecule has 1 heterocycles. The van der Waals surface area contributed by atoms with Gasteiger partial charge in [0.1, 0.15) is 0 Å². The van der Waals surface area contributed by atoms with Crippen LogP contribution in [0, 0.1) is 0 Å². The van der Waals surface area contributed by atoms with Gasteiger partial charge in [-0.3, -0.25) is 9.78 Å². The van der Waals surface area contributed by atoms with E-state index in [-0.39, 0.29) is 12.3 Å². The van der Waals surface area contributed by atoms with Crippen molar-refractivity contribution in [2.24, 2.45) is 0 Å². The number of carbonyl (C=O) groups is 1. The lowest BCUT2D eigenvalue weighted by Gasteiger charge is -2.10. The second kappa shape index (κ2) is 6.49. The van der Waals surface area contributed by atoms with Gasteiger partial charge in [0.25, 0.3) is 0 Å². The third-order valence-electron chi connectivity index (χ3n) is 3.53. The lowest BCUT2D eigenvalue weighted by molar-refractivity contribution is -0.115. The van der Waals surface area contributed by atoms with E-state index >= 15 is 0 Å². The number of H-pyrrole nitrogens is 1. The molecule has 3 rings (SSSR count). The van der Waals surface area contributed by atoms with Gasteiger partial charge in [0, 0.05) is 0 Å². The first-order valence-electron chi connectivity index (χ1n) is 7.23. The molecule has 0 saturated heterocycles. The van der Waals surface area contributed by atoms with Crippen LogP contribution in [0.4, 0.5) is 5.69 Å². The molecule has 0 aliphatic heterocycles. The zero-order valence-electron chi connectivity index (χ0n) is 13.2. The molecule has 0 unspecified atom stereocenters. The number of carbonyl (C=O) groups excluding carboxylic acids is 1. The normalized spacial score (nSPS) is 10.6. The fourth-order valence-electron chi connectivity index (χ4n) is 2.44. The van der Waals surface area contributed by atoms with Gasteiger partial charge in [-0.05, 0) is 29.8 Å². The van der Waals surface area contributed by atoms with Gasteiger partial charge in [-0.15, -0.1) is 0 Å². The highest BCUT2D eigenvalue weighted by Crippen LogP contribution is 2.28. The predicted octanol–water partition coefficient (Wildman–Crippen LogP) is 2.32. The van der Waals surface area contributed by atoms with Crippen LogP contribution in [0.15, 0.2) is 45.6 Å². The molecule has 7 heteroatoms. The Hall–Kier alpha value is -3.22. The minimum absolute atomic E-state index is 0.144. The van der Waals surface area contributed by atoms with E-state index in [2.05, 4.69) is 10.3 Å². The summed E-state index contributed by atoms with van der Waals surface area (Å²) in [6.07, 6.45) is 0.144. The number of anilines is 1. The van der Waals surface area contributed by atoms with Gasteiger partial charge >= 0.3 is 5.76 Å². The minimum atomic E-state index is -0.563. The maximum Gasteiger partial charge on any atom is 0.417 e. The van der Waals surface area contributed by atoms with Crippen LogP contribution in [-0.4, -0.2) is 25.1 Å². The molecule has 0 spiro atoms.